The number of fused-ring (bicyclic) bond motifs is 1. The first kappa shape index (κ1) is 19.0. The van der Waals surface area contributed by atoms with E-state index in [1.807, 2.05) is 13.8 Å². The number of piperidine rings is 1. The minimum absolute atomic E-state index is 0.0946. The Kier molecular flexibility index (Phi) is 5.53. The number of hydrogen-bond acceptors (Lipinski definition) is 5. The lowest BCUT2D eigenvalue weighted by Gasteiger charge is -2.30. The number of hydrogen-bond donors (Lipinski definition) is 1. The molecule has 3 rings (SSSR count). The smallest absolute Gasteiger partial charge is 0.419 e. The summed E-state index contributed by atoms with van der Waals surface area (Å²) >= 11 is 0. The molecular weight excluding hydrogens is 350 g/mol. The molecule has 2 heterocycles. The van der Waals surface area contributed by atoms with E-state index in [0.717, 1.165) is 0 Å². The first-order valence-electron chi connectivity index (χ1n) is 9.17. The summed E-state index contributed by atoms with van der Waals surface area (Å²) in [4.78, 5) is 37.7. The van der Waals surface area contributed by atoms with Gasteiger partial charge in [0, 0.05) is 37.8 Å². The summed E-state index contributed by atoms with van der Waals surface area (Å²) in [6.45, 7) is 5.38. The summed E-state index contributed by atoms with van der Waals surface area (Å²) in [6, 6.07) is 5.13. The molecule has 1 aromatic heterocycles. The minimum atomic E-state index is -0.440. The predicted molar refractivity (Wildman–Crippen MR) is 101 cm³/mol. The van der Waals surface area contributed by atoms with Crippen molar-refractivity contribution in [3.8, 4) is 0 Å². The Balaban J connectivity index is 1.55. The van der Waals surface area contributed by atoms with E-state index in [0.29, 0.717) is 55.2 Å². The zero-order valence-corrected chi connectivity index (χ0v) is 15.9. The van der Waals surface area contributed by atoms with Crippen molar-refractivity contribution in [3.05, 3.63) is 28.7 Å². The molecule has 0 radical (unpaired) electrons. The Bertz CT molecular complexity index is 890. The lowest BCUT2D eigenvalue weighted by molar-refractivity contribution is -0.121. The maximum absolute atomic E-state index is 12.5. The highest BCUT2D eigenvalue weighted by molar-refractivity contribution is 5.94. The average Bonchev–Trinajstić information content (AvgIpc) is 2.93. The summed E-state index contributed by atoms with van der Waals surface area (Å²) in [5, 5.41) is 2.87. The molecule has 0 aliphatic carbocycles. The summed E-state index contributed by atoms with van der Waals surface area (Å²) in [5.74, 6) is -0.408. The highest BCUT2D eigenvalue weighted by atomic mass is 16.6. The van der Waals surface area contributed by atoms with Crippen molar-refractivity contribution in [2.75, 3.05) is 25.0 Å². The maximum atomic E-state index is 12.5. The van der Waals surface area contributed by atoms with Crippen LogP contribution in [0.2, 0.25) is 0 Å². The second-order valence-corrected chi connectivity index (χ2v) is 7.33. The number of likely N-dealkylation sites (tertiary alicyclic amines) is 1. The Hall–Kier alpha value is -2.77. The number of amides is 2. The van der Waals surface area contributed by atoms with Gasteiger partial charge in [-0.3, -0.25) is 9.36 Å². The highest BCUT2D eigenvalue weighted by Gasteiger charge is 2.28. The zero-order valence-electron chi connectivity index (χ0n) is 15.9. The molecule has 0 bridgehead atoms. The molecule has 2 amide bonds. The molecule has 2 aromatic rings. The molecule has 1 saturated heterocycles. The number of nitrogens with one attached hydrogen (secondary N) is 1. The van der Waals surface area contributed by atoms with Crippen LogP contribution in [0.3, 0.4) is 0 Å². The summed E-state index contributed by atoms with van der Waals surface area (Å²) < 4.78 is 11.8. The van der Waals surface area contributed by atoms with Crippen molar-refractivity contribution >= 4 is 28.8 Å². The molecule has 1 fully saturated rings. The molecule has 8 nitrogen and oxygen atoms in total. The van der Waals surface area contributed by atoms with Crippen LogP contribution in [0, 0.1) is 11.8 Å². The summed E-state index contributed by atoms with van der Waals surface area (Å²) in [6.07, 6.45) is 0.864. The molecule has 0 atom stereocenters. The quantitative estimate of drug-likeness (QED) is 0.886. The first-order chi connectivity index (χ1) is 12.8. The van der Waals surface area contributed by atoms with Gasteiger partial charge in [-0.05, 0) is 30.9 Å². The van der Waals surface area contributed by atoms with Crippen LogP contribution in [0.5, 0.6) is 0 Å². The lowest BCUT2D eigenvalue weighted by atomic mass is 9.96. The second kappa shape index (κ2) is 7.85. The molecule has 1 aliphatic rings. The number of ether oxygens (including phenoxy) is 1. The highest BCUT2D eigenvalue weighted by Crippen LogP contribution is 2.22. The molecular formula is C19H25N3O5. The van der Waals surface area contributed by atoms with E-state index in [2.05, 4.69) is 5.32 Å². The second-order valence-electron chi connectivity index (χ2n) is 7.33. The van der Waals surface area contributed by atoms with Gasteiger partial charge in [-0.25, -0.2) is 9.59 Å². The SMILES string of the molecule is CC(C)COC(=O)N1CCC(C(=O)Nc2ccc3c(c2)oc(=O)n3C)CC1. The standard InChI is InChI=1S/C19H25N3O5/c1-12(2)11-26-19(25)22-8-6-13(7-9-22)17(23)20-14-4-5-15-16(10-14)27-18(24)21(15)3/h4-5,10,12-13H,6-9,11H2,1-3H3,(H,20,23). The van der Waals surface area contributed by atoms with E-state index < -0.39 is 5.76 Å². The number of aryl methyl sites for hydroxylation is 1. The normalized spacial score (nSPS) is 15.3. The van der Waals surface area contributed by atoms with Gasteiger partial charge in [0.1, 0.15) is 0 Å². The van der Waals surface area contributed by atoms with Crippen LogP contribution in [0.15, 0.2) is 27.4 Å². The summed E-state index contributed by atoms with van der Waals surface area (Å²) in [5.41, 5.74) is 1.69. The van der Waals surface area contributed by atoms with E-state index in [-0.39, 0.29) is 17.9 Å². The van der Waals surface area contributed by atoms with Gasteiger partial charge in [0.15, 0.2) is 5.58 Å². The largest absolute Gasteiger partial charge is 0.449 e. The van der Waals surface area contributed by atoms with Crippen LogP contribution in [0.4, 0.5) is 10.5 Å². The van der Waals surface area contributed by atoms with Gasteiger partial charge in [-0.2, -0.15) is 0 Å². The molecule has 146 valence electrons. The lowest BCUT2D eigenvalue weighted by Crippen LogP contribution is -2.42. The Morgan fingerprint density at radius 3 is 2.67 bits per heavy atom. The molecule has 1 aliphatic heterocycles. The van der Waals surface area contributed by atoms with Crippen molar-refractivity contribution < 1.29 is 18.7 Å². The number of benzene rings is 1. The van der Waals surface area contributed by atoms with Crippen molar-refractivity contribution in [1.29, 1.82) is 0 Å². The van der Waals surface area contributed by atoms with Crippen molar-refractivity contribution in [1.82, 2.24) is 9.47 Å². The predicted octanol–water partition coefficient (Wildman–Crippen LogP) is 2.57. The molecule has 0 spiro atoms. The number of rotatable bonds is 4. The molecule has 1 N–H and O–H groups in total. The van der Waals surface area contributed by atoms with E-state index in [4.69, 9.17) is 9.15 Å². The van der Waals surface area contributed by atoms with Crippen LogP contribution < -0.4 is 11.1 Å². The Labute approximate surface area is 157 Å². The van der Waals surface area contributed by atoms with Crippen LogP contribution in [0.25, 0.3) is 11.1 Å². The van der Waals surface area contributed by atoms with Gasteiger partial charge < -0.3 is 19.4 Å². The molecule has 27 heavy (non-hydrogen) atoms. The Morgan fingerprint density at radius 2 is 2.00 bits per heavy atom. The van der Waals surface area contributed by atoms with Gasteiger partial charge >= 0.3 is 11.8 Å². The van der Waals surface area contributed by atoms with Crippen molar-refractivity contribution in [2.24, 2.45) is 18.9 Å². The fraction of sp³-hybridized carbons (Fsp3) is 0.526. The van der Waals surface area contributed by atoms with Crippen molar-refractivity contribution in [2.45, 2.75) is 26.7 Å². The van der Waals surface area contributed by atoms with Gasteiger partial charge in [0.2, 0.25) is 5.91 Å². The number of nitrogens with zero attached hydrogens (tertiary/aromatic N) is 2. The van der Waals surface area contributed by atoms with Gasteiger partial charge in [-0.1, -0.05) is 13.8 Å². The first-order valence-corrected chi connectivity index (χ1v) is 9.17. The fourth-order valence-corrected chi connectivity index (χ4v) is 3.11. The monoisotopic (exact) mass is 375 g/mol. The van der Waals surface area contributed by atoms with E-state index >= 15 is 0 Å². The van der Waals surface area contributed by atoms with E-state index in [1.54, 1.807) is 30.1 Å². The van der Waals surface area contributed by atoms with E-state index in [9.17, 15) is 14.4 Å². The number of carbonyl (C=O) groups excluding carboxylic acids is 2. The number of anilines is 1. The fourth-order valence-electron chi connectivity index (χ4n) is 3.11. The van der Waals surface area contributed by atoms with Crippen molar-refractivity contribution in [3.63, 3.8) is 0 Å². The summed E-state index contributed by atoms with van der Waals surface area (Å²) in [7, 11) is 1.63. The molecule has 8 heteroatoms. The zero-order chi connectivity index (χ0) is 19.6. The number of aromatic nitrogens is 1. The molecule has 1 aromatic carbocycles. The third kappa shape index (κ3) is 4.32. The van der Waals surface area contributed by atoms with Gasteiger partial charge in [0.05, 0.1) is 12.1 Å². The van der Waals surface area contributed by atoms with Crippen LogP contribution in [0.1, 0.15) is 26.7 Å². The van der Waals surface area contributed by atoms with E-state index in [1.165, 1.54) is 4.57 Å². The minimum Gasteiger partial charge on any atom is -0.449 e. The third-order valence-electron chi connectivity index (χ3n) is 4.72. The number of oxazole rings is 1. The average molecular weight is 375 g/mol. The Morgan fingerprint density at radius 1 is 1.30 bits per heavy atom. The topological polar surface area (TPSA) is 93.8 Å². The third-order valence-corrected chi connectivity index (χ3v) is 4.72. The molecule has 0 saturated carbocycles. The van der Waals surface area contributed by atoms with Crippen LogP contribution >= 0.6 is 0 Å². The van der Waals surface area contributed by atoms with Gasteiger partial charge in [-0.15, -0.1) is 0 Å². The van der Waals surface area contributed by atoms with Crippen LogP contribution in [-0.4, -0.2) is 41.2 Å². The maximum Gasteiger partial charge on any atom is 0.419 e. The molecule has 0 unspecified atom stereocenters. The number of carbonyl (C=O) groups is 2. The van der Waals surface area contributed by atoms with Gasteiger partial charge in [0.25, 0.3) is 0 Å². The van der Waals surface area contributed by atoms with Crippen LogP contribution in [-0.2, 0) is 16.6 Å².